The predicted octanol–water partition coefficient (Wildman–Crippen LogP) is -4.30. The maximum Gasteiger partial charge on any atom is 0.131 e. The van der Waals surface area contributed by atoms with Gasteiger partial charge in [-0.15, -0.1) is 0 Å². The van der Waals surface area contributed by atoms with E-state index in [0.29, 0.717) is 0 Å². The normalized spacial score (nSPS) is 23.3. The van der Waals surface area contributed by atoms with E-state index in [1.807, 2.05) is 0 Å². The average molecular weight is 197 g/mol. The Morgan fingerprint density at radius 1 is 0.846 bits per heavy atom. The van der Waals surface area contributed by atoms with Crippen LogP contribution in [0.2, 0.25) is 0 Å². The summed E-state index contributed by atoms with van der Waals surface area (Å²) in [6, 6.07) is 0. The van der Waals surface area contributed by atoms with Crippen LogP contribution in [0.15, 0.2) is 0 Å². The number of aliphatic hydroxyl groups excluding tert-OH is 6. The molecular formula is C6H15NO6. The van der Waals surface area contributed by atoms with E-state index in [1.165, 1.54) is 0 Å². The van der Waals surface area contributed by atoms with E-state index in [1.54, 1.807) is 0 Å². The van der Waals surface area contributed by atoms with Crippen LogP contribution in [0.3, 0.4) is 0 Å². The van der Waals surface area contributed by atoms with E-state index >= 15 is 0 Å². The Balaban J connectivity index is 4.15. The van der Waals surface area contributed by atoms with Crippen molar-refractivity contribution in [3.05, 3.63) is 0 Å². The van der Waals surface area contributed by atoms with Crippen molar-refractivity contribution in [2.24, 2.45) is 5.73 Å². The summed E-state index contributed by atoms with van der Waals surface area (Å²) >= 11 is 0. The molecule has 0 spiro atoms. The molecule has 0 saturated carbocycles. The van der Waals surface area contributed by atoms with Crippen LogP contribution in [-0.4, -0.2) is 67.9 Å². The lowest BCUT2D eigenvalue weighted by Gasteiger charge is -2.26. The van der Waals surface area contributed by atoms with Crippen molar-refractivity contribution in [2.75, 3.05) is 6.61 Å². The van der Waals surface area contributed by atoms with Gasteiger partial charge < -0.3 is 36.4 Å². The van der Waals surface area contributed by atoms with Crippen LogP contribution in [0, 0.1) is 0 Å². The quantitative estimate of drug-likeness (QED) is 0.220. The first-order valence-electron chi connectivity index (χ1n) is 3.68. The molecule has 0 heterocycles. The van der Waals surface area contributed by atoms with Crippen molar-refractivity contribution in [3.63, 3.8) is 0 Å². The van der Waals surface area contributed by atoms with Gasteiger partial charge >= 0.3 is 0 Å². The number of aliphatic hydroxyl groups is 6. The zero-order chi connectivity index (χ0) is 10.6. The molecule has 0 aliphatic heterocycles. The Labute approximate surface area is 74.7 Å². The molecule has 0 aromatic rings. The molecule has 0 radical (unpaired) electrons. The fourth-order valence-electron chi connectivity index (χ4n) is 0.740. The van der Waals surface area contributed by atoms with Gasteiger partial charge in [0.1, 0.15) is 30.6 Å². The zero-order valence-electron chi connectivity index (χ0n) is 6.85. The van der Waals surface area contributed by atoms with Crippen molar-refractivity contribution in [2.45, 2.75) is 30.6 Å². The molecule has 0 aromatic heterocycles. The van der Waals surface area contributed by atoms with Gasteiger partial charge in [-0.1, -0.05) is 0 Å². The minimum absolute atomic E-state index is 0.772. The van der Waals surface area contributed by atoms with Crippen molar-refractivity contribution < 1.29 is 30.6 Å². The summed E-state index contributed by atoms with van der Waals surface area (Å²) in [5.74, 6) is 0. The molecule has 0 fully saturated rings. The molecule has 0 amide bonds. The third-order valence-corrected chi connectivity index (χ3v) is 1.63. The Morgan fingerprint density at radius 2 is 1.31 bits per heavy atom. The van der Waals surface area contributed by atoms with Crippen LogP contribution in [0.4, 0.5) is 0 Å². The summed E-state index contributed by atoms with van der Waals surface area (Å²) in [5, 5.41) is 52.8. The molecule has 7 heteroatoms. The van der Waals surface area contributed by atoms with Gasteiger partial charge in [0.2, 0.25) is 0 Å². The molecule has 13 heavy (non-hydrogen) atoms. The van der Waals surface area contributed by atoms with Crippen LogP contribution >= 0.6 is 0 Å². The highest BCUT2D eigenvalue weighted by molar-refractivity contribution is 4.82. The van der Waals surface area contributed by atoms with Gasteiger partial charge in [0, 0.05) is 0 Å². The summed E-state index contributed by atoms with van der Waals surface area (Å²) in [6.07, 6.45) is -8.68. The van der Waals surface area contributed by atoms with Crippen LogP contribution in [0.25, 0.3) is 0 Å². The van der Waals surface area contributed by atoms with Crippen molar-refractivity contribution in [1.29, 1.82) is 0 Å². The molecule has 7 nitrogen and oxygen atoms in total. The summed E-state index contributed by atoms with van der Waals surface area (Å²) in [4.78, 5) is 0. The van der Waals surface area contributed by atoms with Gasteiger partial charge in [0.15, 0.2) is 0 Å². The largest absolute Gasteiger partial charge is 0.394 e. The molecule has 0 aliphatic rings. The van der Waals surface area contributed by atoms with Gasteiger partial charge in [-0.05, 0) is 0 Å². The van der Waals surface area contributed by atoms with Gasteiger partial charge in [0.25, 0.3) is 0 Å². The third-order valence-electron chi connectivity index (χ3n) is 1.63. The Morgan fingerprint density at radius 3 is 1.62 bits per heavy atom. The zero-order valence-corrected chi connectivity index (χ0v) is 6.85. The van der Waals surface area contributed by atoms with Crippen LogP contribution in [0.1, 0.15) is 0 Å². The lowest BCUT2D eigenvalue weighted by atomic mass is 10.0. The first-order valence-corrected chi connectivity index (χ1v) is 3.68. The SMILES string of the molecule is NC(O)[C@@H](O)[C@@H](O)[C@@H](O)[C@H](O)CO. The van der Waals surface area contributed by atoms with E-state index in [9.17, 15) is 0 Å². The summed E-state index contributed by atoms with van der Waals surface area (Å²) in [7, 11) is 0. The van der Waals surface area contributed by atoms with Gasteiger partial charge in [-0.3, -0.25) is 0 Å². The molecule has 1 unspecified atom stereocenters. The third kappa shape index (κ3) is 3.53. The fourth-order valence-corrected chi connectivity index (χ4v) is 0.740. The number of hydrogen-bond donors (Lipinski definition) is 7. The van der Waals surface area contributed by atoms with E-state index < -0.39 is 37.3 Å². The smallest absolute Gasteiger partial charge is 0.131 e. The minimum atomic E-state index is -1.82. The molecule has 8 N–H and O–H groups in total. The van der Waals surface area contributed by atoms with E-state index in [0.717, 1.165) is 0 Å². The Bertz CT molecular complexity index is 143. The summed E-state index contributed by atoms with van der Waals surface area (Å²) in [5.41, 5.74) is 4.81. The Hall–Kier alpha value is -0.280. The Kier molecular flexibility index (Phi) is 5.33. The van der Waals surface area contributed by atoms with E-state index in [2.05, 4.69) is 0 Å². The number of rotatable bonds is 5. The van der Waals surface area contributed by atoms with E-state index in [4.69, 9.17) is 36.4 Å². The van der Waals surface area contributed by atoms with Gasteiger partial charge in [0.05, 0.1) is 6.61 Å². The lowest BCUT2D eigenvalue weighted by Crippen LogP contribution is -2.52. The lowest BCUT2D eigenvalue weighted by molar-refractivity contribution is -0.139. The number of nitrogens with two attached hydrogens (primary N) is 1. The van der Waals surface area contributed by atoms with E-state index in [-0.39, 0.29) is 0 Å². The molecule has 0 rings (SSSR count). The van der Waals surface area contributed by atoms with Crippen LogP contribution in [-0.2, 0) is 0 Å². The molecule has 0 aliphatic carbocycles. The maximum absolute atomic E-state index is 9.05. The van der Waals surface area contributed by atoms with Crippen LogP contribution in [0.5, 0.6) is 0 Å². The molecule has 0 bridgehead atoms. The van der Waals surface area contributed by atoms with Gasteiger partial charge in [-0.25, -0.2) is 0 Å². The second-order valence-electron chi connectivity index (χ2n) is 2.71. The second-order valence-corrected chi connectivity index (χ2v) is 2.71. The molecule has 0 saturated heterocycles. The molecular weight excluding hydrogens is 182 g/mol. The number of hydrogen-bond acceptors (Lipinski definition) is 7. The highest BCUT2D eigenvalue weighted by atomic mass is 16.4. The first kappa shape index (κ1) is 12.7. The maximum atomic E-state index is 9.05. The average Bonchev–Trinajstić information content (AvgIpc) is 2.12. The molecule has 0 aromatic carbocycles. The summed E-state index contributed by atoms with van der Waals surface area (Å²) in [6.45, 7) is -0.772. The molecule has 5 atom stereocenters. The molecule has 80 valence electrons. The predicted molar refractivity (Wildman–Crippen MR) is 41.3 cm³/mol. The first-order chi connectivity index (χ1) is 5.91. The standard InChI is InChI=1S/C6H15NO6/c7-6(13)5(12)4(11)3(10)2(9)1-8/h2-6,8-13H,1,7H2/t2-,3+,4+,5+,6?/m1/s1. The highest BCUT2D eigenvalue weighted by Crippen LogP contribution is 2.05. The summed E-state index contributed by atoms with van der Waals surface area (Å²) < 4.78 is 0. The topological polar surface area (TPSA) is 147 Å². The fraction of sp³-hybridized carbons (Fsp3) is 1.00. The van der Waals surface area contributed by atoms with Crippen molar-refractivity contribution in [1.82, 2.24) is 0 Å². The van der Waals surface area contributed by atoms with Gasteiger partial charge in [-0.2, -0.15) is 0 Å². The monoisotopic (exact) mass is 197 g/mol. The minimum Gasteiger partial charge on any atom is -0.394 e. The van der Waals surface area contributed by atoms with Crippen molar-refractivity contribution in [3.8, 4) is 0 Å². The highest BCUT2D eigenvalue weighted by Gasteiger charge is 2.32. The second kappa shape index (κ2) is 5.45. The van der Waals surface area contributed by atoms with Crippen LogP contribution < -0.4 is 5.73 Å². The van der Waals surface area contributed by atoms with Crippen molar-refractivity contribution >= 4 is 0 Å².